The zero-order valence-corrected chi connectivity index (χ0v) is 16.5. The number of carbonyl (C=O) groups excluding carboxylic acids is 1. The van der Waals surface area contributed by atoms with Crippen molar-refractivity contribution in [3.05, 3.63) is 89.2 Å². The number of anilines is 1. The van der Waals surface area contributed by atoms with Crippen LogP contribution < -0.4 is 10.0 Å². The highest BCUT2D eigenvalue weighted by Gasteiger charge is 2.20. The molecule has 7 heteroatoms. The molecular formula is C21H21N3O3S. The van der Waals surface area contributed by atoms with E-state index in [1.54, 1.807) is 49.5 Å². The van der Waals surface area contributed by atoms with Crippen LogP contribution in [0, 0.1) is 13.8 Å². The van der Waals surface area contributed by atoms with Gasteiger partial charge in [-0.2, -0.15) is 0 Å². The van der Waals surface area contributed by atoms with E-state index in [0.717, 1.165) is 11.3 Å². The molecular weight excluding hydrogens is 374 g/mol. The van der Waals surface area contributed by atoms with E-state index in [2.05, 4.69) is 15.0 Å². The second-order valence-electron chi connectivity index (χ2n) is 6.40. The maximum atomic E-state index is 12.9. The lowest BCUT2D eigenvalue weighted by atomic mass is 10.1. The van der Waals surface area contributed by atoms with Gasteiger partial charge in [0.25, 0.3) is 15.9 Å². The first-order chi connectivity index (χ1) is 13.4. The number of pyridine rings is 1. The summed E-state index contributed by atoms with van der Waals surface area (Å²) in [5.74, 6) is -0.363. The molecule has 3 rings (SSSR count). The number of hydrogen-bond donors (Lipinski definition) is 2. The highest BCUT2D eigenvalue weighted by Crippen LogP contribution is 2.22. The van der Waals surface area contributed by atoms with Gasteiger partial charge >= 0.3 is 0 Å². The Balaban J connectivity index is 1.82. The number of nitrogens with zero attached hydrogens (tertiary/aromatic N) is 1. The number of aromatic nitrogens is 1. The summed E-state index contributed by atoms with van der Waals surface area (Å²) >= 11 is 0. The number of amides is 1. The van der Waals surface area contributed by atoms with Crippen LogP contribution >= 0.6 is 0 Å². The third kappa shape index (κ3) is 4.55. The van der Waals surface area contributed by atoms with Crippen LogP contribution in [0.15, 0.2) is 71.8 Å². The Bertz CT molecular complexity index is 1100. The zero-order valence-electron chi connectivity index (χ0n) is 15.6. The minimum atomic E-state index is -3.83. The Kier molecular flexibility index (Phi) is 5.75. The fourth-order valence-electron chi connectivity index (χ4n) is 2.69. The number of sulfonamides is 1. The first-order valence-electron chi connectivity index (χ1n) is 8.74. The van der Waals surface area contributed by atoms with E-state index in [-0.39, 0.29) is 22.9 Å². The summed E-state index contributed by atoms with van der Waals surface area (Å²) in [5, 5.41) is 2.76. The molecule has 0 aliphatic heterocycles. The number of aryl methyl sites for hydroxylation is 2. The highest BCUT2D eigenvalue weighted by atomic mass is 32.2. The maximum Gasteiger partial charge on any atom is 0.262 e. The molecule has 1 heterocycles. The molecule has 0 saturated carbocycles. The summed E-state index contributed by atoms with van der Waals surface area (Å²) in [5.41, 5.74) is 2.87. The van der Waals surface area contributed by atoms with Gasteiger partial charge in [-0.1, -0.05) is 30.3 Å². The van der Waals surface area contributed by atoms with Gasteiger partial charge in [-0.3, -0.25) is 14.5 Å². The molecule has 0 spiro atoms. The molecule has 0 aliphatic carbocycles. The van der Waals surface area contributed by atoms with E-state index >= 15 is 0 Å². The fraction of sp³-hybridized carbons (Fsp3) is 0.143. The topological polar surface area (TPSA) is 88.2 Å². The minimum absolute atomic E-state index is 0.0706. The molecule has 2 aromatic carbocycles. The third-order valence-electron chi connectivity index (χ3n) is 4.29. The van der Waals surface area contributed by atoms with Crippen molar-refractivity contribution in [3.63, 3.8) is 0 Å². The molecule has 144 valence electrons. The van der Waals surface area contributed by atoms with Crippen LogP contribution in [0.1, 0.15) is 27.2 Å². The van der Waals surface area contributed by atoms with Crippen LogP contribution in [0.3, 0.4) is 0 Å². The molecule has 6 nitrogen and oxygen atoms in total. The highest BCUT2D eigenvalue weighted by molar-refractivity contribution is 7.92. The molecule has 3 aromatic rings. The van der Waals surface area contributed by atoms with Gasteiger partial charge in [-0.25, -0.2) is 8.42 Å². The lowest BCUT2D eigenvalue weighted by Gasteiger charge is -2.13. The van der Waals surface area contributed by atoms with E-state index in [1.807, 2.05) is 25.1 Å². The molecule has 2 N–H and O–H groups in total. The Morgan fingerprint density at radius 2 is 1.71 bits per heavy atom. The van der Waals surface area contributed by atoms with Gasteiger partial charge in [0.05, 0.1) is 22.8 Å². The predicted octanol–water partition coefficient (Wildman–Crippen LogP) is 3.43. The zero-order chi connectivity index (χ0) is 20.1. The van der Waals surface area contributed by atoms with Crippen LogP contribution in [0.25, 0.3) is 0 Å². The number of nitrogens with one attached hydrogen (secondary N) is 2. The lowest BCUT2D eigenvalue weighted by Crippen LogP contribution is -2.24. The first kappa shape index (κ1) is 19.6. The van der Waals surface area contributed by atoms with E-state index < -0.39 is 10.0 Å². The first-order valence-corrected chi connectivity index (χ1v) is 10.2. The molecule has 28 heavy (non-hydrogen) atoms. The molecule has 0 fully saturated rings. The normalized spacial score (nSPS) is 11.1. The summed E-state index contributed by atoms with van der Waals surface area (Å²) in [6.07, 6.45) is 1.65. The molecule has 0 unspecified atom stereocenters. The second kappa shape index (κ2) is 8.22. The fourth-order valence-corrected chi connectivity index (χ4v) is 4.10. The minimum Gasteiger partial charge on any atom is -0.346 e. The van der Waals surface area contributed by atoms with Crippen molar-refractivity contribution in [1.82, 2.24) is 10.3 Å². The monoisotopic (exact) mass is 395 g/mol. The molecule has 0 atom stereocenters. The Morgan fingerprint density at radius 1 is 0.964 bits per heavy atom. The Labute approximate surface area is 164 Å². The lowest BCUT2D eigenvalue weighted by molar-refractivity contribution is 0.0950. The second-order valence-corrected chi connectivity index (χ2v) is 8.06. The Morgan fingerprint density at radius 3 is 2.43 bits per heavy atom. The van der Waals surface area contributed by atoms with E-state index in [0.29, 0.717) is 11.3 Å². The smallest absolute Gasteiger partial charge is 0.262 e. The third-order valence-corrected chi connectivity index (χ3v) is 5.79. The average Bonchev–Trinajstić information content (AvgIpc) is 2.69. The van der Waals surface area contributed by atoms with Gasteiger partial charge in [0.1, 0.15) is 0 Å². The van der Waals surface area contributed by atoms with Gasteiger partial charge in [0, 0.05) is 11.8 Å². The molecule has 0 saturated heterocycles. The summed E-state index contributed by atoms with van der Waals surface area (Å²) in [6, 6.07) is 17.2. The van der Waals surface area contributed by atoms with Crippen molar-refractivity contribution in [2.24, 2.45) is 0 Å². The number of rotatable bonds is 6. The number of carbonyl (C=O) groups is 1. The van der Waals surface area contributed by atoms with Crippen molar-refractivity contribution < 1.29 is 13.2 Å². The van der Waals surface area contributed by atoms with Crippen molar-refractivity contribution in [1.29, 1.82) is 0 Å². The van der Waals surface area contributed by atoms with Crippen molar-refractivity contribution in [2.75, 3.05) is 4.72 Å². The van der Waals surface area contributed by atoms with Gasteiger partial charge in [0.2, 0.25) is 0 Å². The largest absolute Gasteiger partial charge is 0.346 e. The standard InChI is InChI=1S/C21H21N3O3S/c1-15-7-3-4-9-19(15)24-28(26,27)20-13-17(11-10-16(20)2)21(25)23-14-18-8-5-6-12-22-18/h3-13,24H,14H2,1-2H3,(H,23,25). The van der Waals surface area contributed by atoms with Gasteiger partial charge in [0.15, 0.2) is 0 Å². The summed E-state index contributed by atoms with van der Waals surface area (Å²) in [7, 11) is -3.83. The molecule has 0 aliphatic rings. The van der Waals surface area contributed by atoms with Gasteiger partial charge < -0.3 is 5.32 Å². The van der Waals surface area contributed by atoms with Crippen molar-refractivity contribution in [3.8, 4) is 0 Å². The van der Waals surface area contributed by atoms with Crippen LogP contribution in [0.5, 0.6) is 0 Å². The summed E-state index contributed by atoms with van der Waals surface area (Å²) < 4.78 is 28.4. The van der Waals surface area contributed by atoms with Crippen LogP contribution in [-0.4, -0.2) is 19.3 Å². The summed E-state index contributed by atoms with van der Waals surface area (Å²) in [6.45, 7) is 3.78. The van der Waals surface area contributed by atoms with Crippen molar-refractivity contribution in [2.45, 2.75) is 25.3 Å². The summed E-state index contributed by atoms with van der Waals surface area (Å²) in [4.78, 5) is 16.7. The molecule has 0 radical (unpaired) electrons. The van der Waals surface area contributed by atoms with Gasteiger partial charge in [-0.05, 0) is 55.3 Å². The van der Waals surface area contributed by atoms with Crippen LogP contribution in [0.4, 0.5) is 5.69 Å². The van der Waals surface area contributed by atoms with E-state index in [9.17, 15) is 13.2 Å². The molecule has 1 aromatic heterocycles. The molecule has 1 amide bonds. The van der Waals surface area contributed by atoms with Crippen molar-refractivity contribution >= 4 is 21.6 Å². The van der Waals surface area contributed by atoms with E-state index in [1.165, 1.54) is 6.07 Å². The quantitative estimate of drug-likeness (QED) is 0.669. The average molecular weight is 395 g/mol. The number of hydrogen-bond acceptors (Lipinski definition) is 4. The van der Waals surface area contributed by atoms with Crippen LogP contribution in [-0.2, 0) is 16.6 Å². The maximum absolute atomic E-state index is 12.9. The van der Waals surface area contributed by atoms with Gasteiger partial charge in [-0.15, -0.1) is 0 Å². The molecule has 0 bridgehead atoms. The SMILES string of the molecule is Cc1ccccc1NS(=O)(=O)c1cc(C(=O)NCc2ccccn2)ccc1C. The van der Waals surface area contributed by atoms with Crippen LogP contribution in [0.2, 0.25) is 0 Å². The van der Waals surface area contributed by atoms with E-state index in [4.69, 9.17) is 0 Å². The Hall–Kier alpha value is -3.19. The number of benzene rings is 2. The number of para-hydroxylation sites is 1. The predicted molar refractivity (Wildman–Crippen MR) is 109 cm³/mol.